The molecular weight excluding hydrogens is 361 g/mol. The Morgan fingerprint density at radius 2 is 2.00 bits per heavy atom. The molecule has 1 aromatic heterocycles. The second kappa shape index (κ2) is 7.51. The third-order valence-corrected chi connectivity index (χ3v) is 4.45. The summed E-state index contributed by atoms with van der Waals surface area (Å²) < 4.78 is 38.3. The molecule has 0 bridgehead atoms. The Labute approximate surface area is 154 Å². The van der Waals surface area contributed by atoms with Crippen LogP contribution in [0.4, 0.5) is 23.7 Å². The van der Waals surface area contributed by atoms with Gasteiger partial charge >= 0.3 is 12.2 Å². The predicted molar refractivity (Wildman–Crippen MR) is 93.0 cm³/mol. The van der Waals surface area contributed by atoms with E-state index in [1.165, 1.54) is 0 Å². The first-order valence-corrected chi connectivity index (χ1v) is 8.48. The molecule has 0 aliphatic carbocycles. The Morgan fingerprint density at radius 3 is 2.63 bits per heavy atom. The van der Waals surface area contributed by atoms with Crippen LogP contribution in [-0.2, 0) is 0 Å². The molecule has 9 heteroatoms. The number of rotatable bonds is 3. The second-order valence-corrected chi connectivity index (χ2v) is 6.42. The molecule has 1 saturated heterocycles. The molecular formula is C18H19F3N4O2. The molecule has 27 heavy (non-hydrogen) atoms. The molecule has 0 spiro atoms. The maximum atomic E-state index is 12.8. The van der Waals surface area contributed by atoms with Gasteiger partial charge in [-0.15, -0.1) is 0 Å². The van der Waals surface area contributed by atoms with Crippen molar-refractivity contribution < 1.29 is 23.1 Å². The zero-order valence-electron chi connectivity index (χ0n) is 14.6. The number of carbonyl (C=O) groups is 1. The number of alkyl halides is 3. The Balaban J connectivity index is 1.69. The minimum absolute atomic E-state index is 0.109. The number of urea groups is 1. The summed E-state index contributed by atoms with van der Waals surface area (Å²) in [7, 11) is 0. The van der Waals surface area contributed by atoms with Gasteiger partial charge < -0.3 is 15.3 Å². The van der Waals surface area contributed by atoms with Gasteiger partial charge in [0.05, 0.1) is 6.04 Å². The van der Waals surface area contributed by atoms with E-state index in [1.807, 2.05) is 6.92 Å². The van der Waals surface area contributed by atoms with Crippen LogP contribution in [0.1, 0.15) is 18.5 Å². The standard InChI is InChI=1S/C18H19F3N4O2/c1-11-8-9-22-16(23-11)12-4-6-13(7-5-12)24-17(27)25-10-2-3-14(25)15(26)18(19,20)21/h4-9,14-15,26H,2-3,10H2,1H3,(H,24,27)/t14-,15-/m0/s1. The average Bonchev–Trinajstić information content (AvgIpc) is 3.10. The maximum Gasteiger partial charge on any atom is 0.416 e. The van der Waals surface area contributed by atoms with Crippen LogP contribution in [0.2, 0.25) is 0 Å². The van der Waals surface area contributed by atoms with Crippen LogP contribution in [0, 0.1) is 6.92 Å². The van der Waals surface area contributed by atoms with Crippen LogP contribution in [0.25, 0.3) is 11.4 Å². The van der Waals surface area contributed by atoms with Crippen molar-refractivity contribution in [3.8, 4) is 11.4 Å². The maximum absolute atomic E-state index is 12.8. The highest BCUT2D eigenvalue weighted by Crippen LogP contribution is 2.31. The van der Waals surface area contributed by atoms with E-state index in [-0.39, 0.29) is 13.0 Å². The number of amides is 2. The largest absolute Gasteiger partial charge is 0.416 e. The summed E-state index contributed by atoms with van der Waals surface area (Å²) in [5, 5.41) is 12.1. The zero-order valence-corrected chi connectivity index (χ0v) is 14.6. The molecule has 2 N–H and O–H groups in total. The van der Waals surface area contributed by atoms with E-state index in [0.29, 0.717) is 17.9 Å². The van der Waals surface area contributed by atoms with E-state index in [0.717, 1.165) is 16.2 Å². The highest BCUT2D eigenvalue weighted by atomic mass is 19.4. The predicted octanol–water partition coefficient (Wildman–Crippen LogP) is 3.37. The van der Waals surface area contributed by atoms with Crippen LogP contribution < -0.4 is 5.32 Å². The number of aliphatic hydroxyl groups excluding tert-OH is 1. The molecule has 144 valence electrons. The number of halogens is 3. The lowest BCUT2D eigenvalue weighted by Gasteiger charge is -2.29. The normalized spacial score (nSPS) is 18.4. The summed E-state index contributed by atoms with van der Waals surface area (Å²) >= 11 is 0. The lowest BCUT2D eigenvalue weighted by Crippen LogP contribution is -2.50. The van der Waals surface area contributed by atoms with E-state index in [4.69, 9.17) is 0 Å². The highest BCUT2D eigenvalue weighted by molar-refractivity contribution is 5.90. The molecule has 2 atom stereocenters. The number of nitrogens with zero attached hydrogens (tertiary/aromatic N) is 3. The third kappa shape index (κ3) is 4.36. The van der Waals surface area contributed by atoms with E-state index >= 15 is 0 Å². The fourth-order valence-electron chi connectivity index (χ4n) is 3.08. The third-order valence-electron chi connectivity index (χ3n) is 4.45. The number of aryl methyl sites for hydroxylation is 1. The van der Waals surface area contributed by atoms with E-state index in [1.54, 1.807) is 36.5 Å². The van der Waals surface area contributed by atoms with Crippen molar-refractivity contribution in [2.24, 2.45) is 0 Å². The fraction of sp³-hybridized carbons (Fsp3) is 0.389. The molecule has 0 radical (unpaired) electrons. The molecule has 6 nitrogen and oxygen atoms in total. The summed E-state index contributed by atoms with van der Waals surface area (Å²) in [5.74, 6) is 0.542. The van der Waals surface area contributed by atoms with E-state index in [9.17, 15) is 23.1 Å². The number of nitrogens with one attached hydrogen (secondary N) is 1. The van der Waals surface area contributed by atoms with Crippen molar-refractivity contribution in [1.29, 1.82) is 0 Å². The summed E-state index contributed by atoms with van der Waals surface area (Å²) in [6.07, 6.45) is -5.14. The van der Waals surface area contributed by atoms with Crippen LogP contribution in [0.3, 0.4) is 0 Å². The van der Waals surface area contributed by atoms with Crippen molar-refractivity contribution >= 4 is 11.7 Å². The Morgan fingerprint density at radius 1 is 1.30 bits per heavy atom. The molecule has 2 aromatic rings. The molecule has 2 heterocycles. The minimum Gasteiger partial charge on any atom is -0.382 e. The van der Waals surface area contributed by atoms with Gasteiger partial charge in [0.15, 0.2) is 11.9 Å². The van der Waals surface area contributed by atoms with Gasteiger partial charge in [-0.2, -0.15) is 13.2 Å². The summed E-state index contributed by atoms with van der Waals surface area (Å²) in [5.41, 5.74) is 2.01. The number of aromatic nitrogens is 2. The van der Waals surface area contributed by atoms with Gasteiger partial charge in [-0.25, -0.2) is 14.8 Å². The Hall–Kier alpha value is -2.68. The minimum atomic E-state index is -4.76. The zero-order chi connectivity index (χ0) is 19.6. The van der Waals surface area contributed by atoms with Crippen molar-refractivity contribution in [1.82, 2.24) is 14.9 Å². The van der Waals surface area contributed by atoms with Crippen LogP contribution in [0.5, 0.6) is 0 Å². The van der Waals surface area contributed by atoms with Crippen LogP contribution in [0.15, 0.2) is 36.5 Å². The first kappa shape index (κ1) is 19.1. The van der Waals surface area contributed by atoms with Crippen LogP contribution >= 0.6 is 0 Å². The molecule has 1 aliphatic heterocycles. The second-order valence-electron chi connectivity index (χ2n) is 6.42. The van der Waals surface area contributed by atoms with E-state index < -0.39 is 24.4 Å². The van der Waals surface area contributed by atoms with Crippen molar-refractivity contribution in [2.45, 2.75) is 38.1 Å². The van der Waals surface area contributed by atoms with Crippen molar-refractivity contribution in [2.75, 3.05) is 11.9 Å². The number of likely N-dealkylation sites (tertiary alicyclic amines) is 1. The molecule has 3 rings (SSSR count). The topological polar surface area (TPSA) is 78.4 Å². The van der Waals surface area contributed by atoms with Crippen molar-refractivity contribution in [3.05, 3.63) is 42.2 Å². The molecule has 2 amide bonds. The van der Waals surface area contributed by atoms with Gasteiger partial charge in [0, 0.05) is 29.7 Å². The van der Waals surface area contributed by atoms with Gasteiger partial charge in [-0.05, 0) is 50.1 Å². The number of anilines is 1. The lowest BCUT2D eigenvalue weighted by molar-refractivity contribution is -0.216. The van der Waals surface area contributed by atoms with Crippen molar-refractivity contribution in [3.63, 3.8) is 0 Å². The quantitative estimate of drug-likeness (QED) is 0.856. The van der Waals surface area contributed by atoms with Gasteiger partial charge in [-0.3, -0.25) is 0 Å². The number of hydrogen-bond acceptors (Lipinski definition) is 4. The Bertz CT molecular complexity index is 811. The number of aliphatic hydroxyl groups is 1. The monoisotopic (exact) mass is 380 g/mol. The van der Waals surface area contributed by atoms with Gasteiger partial charge in [-0.1, -0.05) is 0 Å². The lowest BCUT2D eigenvalue weighted by atomic mass is 10.1. The van der Waals surface area contributed by atoms with Gasteiger partial charge in [0.1, 0.15) is 0 Å². The smallest absolute Gasteiger partial charge is 0.382 e. The van der Waals surface area contributed by atoms with E-state index in [2.05, 4.69) is 15.3 Å². The average molecular weight is 380 g/mol. The molecule has 1 aromatic carbocycles. The Kier molecular flexibility index (Phi) is 5.31. The van der Waals surface area contributed by atoms with Crippen LogP contribution in [-0.4, -0.2) is 50.9 Å². The molecule has 1 fully saturated rings. The summed E-state index contributed by atoms with van der Waals surface area (Å²) in [6, 6.07) is 6.53. The summed E-state index contributed by atoms with van der Waals surface area (Å²) in [4.78, 5) is 21.9. The first-order valence-electron chi connectivity index (χ1n) is 8.48. The summed E-state index contributed by atoms with van der Waals surface area (Å²) in [6.45, 7) is 2.01. The van der Waals surface area contributed by atoms with Gasteiger partial charge in [0.2, 0.25) is 0 Å². The highest BCUT2D eigenvalue weighted by Gasteiger charge is 2.48. The molecule has 0 saturated carbocycles. The number of carbonyl (C=O) groups excluding carboxylic acids is 1. The fourth-order valence-corrected chi connectivity index (χ4v) is 3.08. The number of benzene rings is 1. The molecule has 1 aliphatic rings. The SMILES string of the molecule is Cc1ccnc(-c2ccc(NC(=O)N3CCC[C@H]3[C@H](O)C(F)(F)F)cc2)n1. The number of hydrogen-bond donors (Lipinski definition) is 2. The first-order chi connectivity index (χ1) is 12.8. The molecule has 0 unspecified atom stereocenters. The van der Waals surface area contributed by atoms with Gasteiger partial charge in [0.25, 0.3) is 0 Å².